The topological polar surface area (TPSA) is 29.3 Å². The van der Waals surface area contributed by atoms with Gasteiger partial charge in [-0.05, 0) is 55.6 Å². The third kappa shape index (κ3) is 5.38. The second kappa shape index (κ2) is 8.30. The summed E-state index contributed by atoms with van der Waals surface area (Å²) in [5.74, 6) is 0. The van der Waals surface area contributed by atoms with Crippen molar-refractivity contribution >= 4 is 38.9 Å². The average molecular weight is 388 g/mol. The van der Waals surface area contributed by atoms with Crippen LogP contribution in [0.2, 0.25) is 5.02 Å². The van der Waals surface area contributed by atoms with Crippen LogP contribution in [0.4, 0.5) is 0 Å². The number of hydrogen-bond donors (Lipinski definition) is 1. The van der Waals surface area contributed by atoms with Gasteiger partial charge in [0.2, 0.25) is 0 Å². The van der Waals surface area contributed by atoms with Crippen LogP contribution in [0.25, 0.3) is 0 Å². The number of nitrogens with two attached hydrogens (primary N) is 1. The molecule has 0 aliphatic rings. The Morgan fingerprint density at radius 3 is 2.81 bits per heavy atom. The first kappa shape index (κ1) is 17.0. The van der Waals surface area contributed by atoms with E-state index in [1.54, 1.807) is 0 Å². The first-order chi connectivity index (χ1) is 10.1. The van der Waals surface area contributed by atoms with Crippen molar-refractivity contribution in [1.82, 2.24) is 4.90 Å². The summed E-state index contributed by atoms with van der Waals surface area (Å²) in [6, 6.07) is 10.2. The van der Waals surface area contributed by atoms with Crippen LogP contribution in [0, 0.1) is 0 Å². The molecule has 114 valence electrons. The maximum atomic E-state index is 6.26. The van der Waals surface area contributed by atoms with E-state index in [0.717, 1.165) is 41.0 Å². The molecule has 1 heterocycles. The smallest absolute Gasteiger partial charge is 0.0464 e. The van der Waals surface area contributed by atoms with Gasteiger partial charge in [-0.3, -0.25) is 0 Å². The molecule has 5 heteroatoms. The van der Waals surface area contributed by atoms with Crippen LogP contribution in [0.3, 0.4) is 0 Å². The summed E-state index contributed by atoms with van der Waals surface area (Å²) < 4.78 is 0.983. The van der Waals surface area contributed by atoms with Crippen LogP contribution in [0.15, 0.2) is 40.2 Å². The van der Waals surface area contributed by atoms with Gasteiger partial charge >= 0.3 is 0 Å². The second-order valence-electron chi connectivity index (χ2n) is 5.19. The number of halogens is 2. The molecule has 0 aliphatic heterocycles. The Bertz CT molecular complexity index is 559. The summed E-state index contributed by atoms with van der Waals surface area (Å²) in [6.45, 7) is 2.03. The molecule has 0 amide bonds. The Kier molecular flexibility index (Phi) is 6.71. The highest BCUT2D eigenvalue weighted by Crippen LogP contribution is 2.27. The summed E-state index contributed by atoms with van der Waals surface area (Å²) in [4.78, 5) is 3.76. The molecular weight excluding hydrogens is 368 g/mol. The molecule has 2 aromatic rings. The highest BCUT2D eigenvalue weighted by atomic mass is 79.9. The van der Waals surface area contributed by atoms with Gasteiger partial charge in [-0.25, -0.2) is 0 Å². The lowest BCUT2D eigenvalue weighted by Gasteiger charge is -2.20. The molecule has 0 aliphatic carbocycles. The summed E-state index contributed by atoms with van der Waals surface area (Å²) in [7, 11) is 2.14. The maximum Gasteiger partial charge on any atom is 0.0464 e. The highest BCUT2D eigenvalue weighted by Gasteiger charge is 2.11. The summed E-state index contributed by atoms with van der Waals surface area (Å²) >= 11 is 11.5. The third-order valence-corrected chi connectivity index (χ3v) is 5.26. The highest BCUT2D eigenvalue weighted by molar-refractivity contribution is 9.10. The number of rotatable bonds is 7. The Hall–Kier alpha value is -0.390. The molecule has 0 saturated heterocycles. The Morgan fingerprint density at radius 2 is 2.14 bits per heavy atom. The second-order valence-corrected chi connectivity index (χ2v) is 7.55. The van der Waals surface area contributed by atoms with Crippen molar-refractivity contribution in [2.24, 2.45) is 5.73 Å². The van der Waals surface area contributed by atoms with E-state index in [0.29, 0.717) is 0 Å². The van der Waals surface area contributed by atoms with Gasteiger partial charge in [-0.2, -0.15) is 0 Å². The number of likely N-dealkylation sites (N-methyl/N-ethyl adjacent to an activating group) is 1. The van der Waals surface area contributed by atoms with E-state index >= 15 is 0 Å². The molecular formula is C16H20BrClN2S. The Labute approximate surface area is 144 Å². The quantitative estimate of drug-likeness (QED) is 0.744. The van der Waals surface area contributed by atoms with Crippen molar-refractivity contribution in [3.05, 3.63) is 55.6 Å². The zero-order valence-corrected chi connectivity index (χ0v) is 15.2. The molecule has 2 rings (SSSR count). The lowest BCUT2D eigenvalue weighted by molar-refractivity contribution is 0.323. The van der Waals surface area contributed by atoms with Crippen LogP contribution in [-0.4, -0.2) is 25.0 Å². The first-order valence-electron chi connectivity index (χ1n) is 6.97. The Balaban J connectivity index is 1.78. The summed E-state index contributed by atoms with van der Waals surface area (Å²) in [5, 5.41) is 2.86. The van der Waals surface area contributed by atoms with Crippen LogP contribution >= 0.6 is 38.9 Å². The SMILES string of the molecule is CN(CCc1cccs1)CCC(N)c1ccc(Br)cc1Cl. The normalized spacial score (nSPS) is 12.8. The number of thiophene rings is 1. The van der Waals surface area contributed by atoms with Crippen molar-refractivity contribution < 1.29 is 0 Å². The van der Waals surface area contributed by atoms with Gasteiger partial charge in [0.25, 0.3) is 0 Å². The molecule has 0 saturated carbocycles. The van der Waals surface area contributed by atoms with E-state index in [2.05, 4.69) is 45.4 Å². The average Bonchev–Trinajstić information content (AvgIpc) is 2.95. The zero-order valence-electron chi connectivity index (χ0n) is 12.1. The van der Waals surface area contributed by atoms with Crippen molar-refractivity contribution in [1.29, 1.82) is 0 Å². The van der Waals surface area contributed by atoms with Gasteiger partial charge in [0, 0.05) is 27.0 Å². The lowest BCUT2D eigenvalue weighted by Crippen LogP contribution is -2.25. The largest absolute Gasteiger partial charge is 0.324 e. The molecule has 1 unspecified atom stereocenters. The van der Waals surface area contributed by atoms with Gasteiger partial charge < -0.3 is 10.6 Å². The Morgan fingerprint density at radius 1 is 1.33 bits per heavy atom. The molecule has 0 bridgehead atoms. The molecule has 2 nitrogen and oxygen atoms in total. The van der Waals surface area contributed by atoms with Crippen LogP contribution in [-0.2, 0) is 6.42 Å². The fourth-order valence-electron chi connectivity index (χ4n) is 2.18. The van der Waals surface area contributed by atoms with Crippen LogP contribution in [0.1, 0.15) is 22.9 Å². The fourth-order valence-corrected chi connectivity index (χ4v) is 3.70. The van der Waals surface area contributed by atoms with Crippen LogP contribution in [0.5, 0.6) is 0 Å². The van der Waals surface area contributed by atoms with Gasteiger partial charge in [0.15, 0.2) is 0 Å². The van der Waals surface area contributed by atoms with Crippen molar-refractivity contribution in [3.63, 3.8) is 0 Å². The molecule has 0 fully saturated rings. The van der Waals surface area contributed by atoms with E-state index in [-0.39, 0.29) is 6.04 Å². The predicted molar refractivity (Wildman–Crippen MR) is 96.2 cm³/mol. The van der Waals surface area contributed by atoms with E-state index in [4.69, 9.17) is 17.3 Å². The molecule has 0 spiro atoms. The molecule has 0 radical (unpaired) electrons. The molecule has 1 aromatic heterocycles. The van der Waals surface area contributed by atoms with Gasteiger partial charge in [-0.1, -0.05) is 39.7 Å². The number of benzene rings is 1. The minimum Gasteiger partial charge on any atom is -0.324 e. The fraction of sp³-hybridized carbons (Fsp3) is 0.375. The maximum absolute atomic E-state index is 6.26. The van der Waals surface area contributed by atoms with E-state index in [1.807, 2.05) is 29.5 Å². The summed E-state index contributed by atoms with van der Waals surface area (Å²) in [6.07, 6.45) is 2.00. The molecule has 1 atom stereocenters. The lowest BCUT2D eigenvalue weighted by atomic mass is 10.0. The van der Waals surface area contributed by atoms with Gasteiger partial charge in [0.1, 0.15) is 0 Å². The van der Waals surface area contributed by atoms with Gasteiger partial charge in [0.05, 0.1) is 0 Å². The van der Waals surface area contributed by atoms with E-state index < -0.39 is 0 Å². The molecule has 21 heavy (non-hydrogen) atoms. The number of nitrogens with zero attached hydrogens (tertiary/aromatic N) is 1. The zero-order chi connectivity index (χ0) is 15.2. The molecule has 2 N–H and O–H groups in total. The van der Waals surface area contributed by atoms with Gasteiger partial charge in [-0.15, -0.1) is 11.3 Å². The number of hydrogen-bond acceptors (Lipinski definition) is 3. The monoisotopic (exact) mass is 386 g/mol. The van der Waals surface area contributed by atoms with E-state index in [1.165, 1.54) is 4.88 Å². The predicted octanol–water partition coefficient (Wildman–Crippen LogP) is 4.73. The van der Waals surface area contributed by atoms with Crippen molar-refractivity contribution in [3.8, 4) is 0 Å². The van der Waals surface area contributed by atoms with Crippen molar-refractivity contribution in [2.45, 2.75) is 18.9 Å². The van der Waals surface area contributed by atoms with Crippen molar-refractivity contribution in [2.75, 3.05) is 20.1 Å². The van der Waals surface area contributed by atoms with E-state index in [9.17, 15) is 0 Å². The standard InChI is InChI=1S/C16H20BrClN2S/c1-20(8-6-13-3-2-10-21-13)9-7-16(19)14-5-4-12(17)11-15(14)18/h2-5,10-11,16H,6-9,19H2,1H3. The molecule has 1 aromatic carbocycles. The third-order valence-electron chi connectivity index (χ3n) is 3.50. The van der Waals surface area contributed by atoms with Crippen LogP contribution < -0.4 is 5.73 Å². The summed E-state index contributed by atoms with van der Waals surface area (Å²) in [5.41, 5.74) is 7.28. The minimum atomic E-state index is -0.0187. The minimum absolute atomic E-state index is 0.0187. The first-order valence-corrected chi connectivity index (χ1v) is 9.03.